The van der Waals surface area contributed by atoms with Gasteiger partial charge in [-0.1, -0.05) is 0 Å². The van der Waals surface area contributed by atoms with Crippen LogP contribution in [-0.4, -0.2) is 34.8 Å². The molecule has 82 valence electrons. The normalized spacial score (nSPS) is 20.5. The van der Waals surface area contributed by atoms with Crippen LogP contribution < -0.4 is 10.6 Å². The quantitative estimate of drug-likeness (QED) is 0.656. The molecule has 1 amide bonds. The lowest BCUT2D eigenvalue weighted by Gasteiger charge is -2.10. The fourth-order valence-electron chi connectivity index (χ4n) is 1.73. The van der Waals surface area contributed by atoms with E-state index in [1.807, 2.05) is 16.9 Å². The minimum atomic E-state index is 0.175. The van der Waals surface area contributed by atoms with Crippen molar-refractivity contribution in [1.82, 2.24) is 20.4 Å². The standard InChI is InChI=1S/C10H16N4O/c15-10-3-2-9(13-10)8-11-5-7-14-6-1-4-12-14/h1,4,6,9,11H,2-3,5,7-8H2,(H,13,15). The van der Waals surface area contributed by atoms with Crippen LogP contribution in [0.25, 0.3) is 0 Å². The lowest BCUT2D eigenvalue weighted by Crippen LogP contribution is -2.36. The van der Waals surface area contributed by atoms with Gasteiger partial charge in [0.25, 0.3) is 0 Å². The smallest absolute Gasteiger partial charge is 0.220 e. The third-order valence-electron chi connectivity index (χ3n) is 2.55. The van der Waals surface area contributed by atoms with Gasteiger partial charge in [0.1, 0.15) is 0 Å². The van der Waals surface area contributed by atoms with Crippen LogP contribution >= 0.6 is 0 Å². The molecule has 1 fully saturated rings. The summed E-state index contributed by atoms with van der Waals surface area (Å²) in [6.45, 7) is 2.61. The van der Waals surface area contributed by atoms with Crippen molar-refractivity contribution in [2.24, 2.45) is 0 Å². The van der Waals surface area contributed by atoms with Gasteiger partial charge in [-0.25, -0.2) is 0 Å². The van der Waals surface area contributed by atoms with E-state index in [4.69, 9.17) is 0 Å². The Morgan fingerprint density at radius 3 is 3.27 bits per heavy atom. The number of hydrogen-bond acceptors (Lipinski definition) is 3. The summed E-state index contributed by atoms with van der Waals surface area (Å²) >= 11 is 0. The highest BCUT2D eigenvalue weighted by Crippen LogP contribution is 2.04. The monoisotopic (exact) mass is 208 g/mol. The SMILES string of the molecule is O=C1CCC(CNCCn2cccn2)N1. The van der Waals surface area contributed by atoms with Crippen molar-refractivity contribution < 1.29 is 4.79 Å². The van der Waals surface area contributed by atoms with Gasteiger partial charge in [0.15, 0.2) is 0 Å². The zero-order chi connectivity index (χ0) is 10.5. The van der Waals surface area contributed by atoms with E-state index in [0.29, 0.717) is 12.5 Å². The van der Waals surface area contributed by atoms with E-state index in [1.54, 1.807) is 6.20 Å². The molecule has 5 nitrogen and oxygen atoms in total. The van der Waals surface area contributed by atoms with Crippen molar-refractivity contribution in [3.8, 4) is 0 Å². The molecule has 1 unspecified atom stereocenters. The topological polar surface area (TPSA) is 59.0 Å². The maximum atomic E-state index is 10.9. The number of carbonyl (C=O) groups is 1. The molecule has 0 aliphatic carbocycles. The molecule has 2 heterocycles. The Kier molecular flexibility index (Phi) is 3.34. The summed E-state index contributed by atoms with van der Waals surface area (Å²) in [6.07, 6.45) is 5.34. The van der Waals surface area contributed by atoms with Crippen LogP contribution in [0.15, 0.2) is 18.5 Å². The Labute approximate surface area is 88.8 Å². The van der Waals surface area contributed by atoms with Crippen LogP contribution in [-0.2, 0) is 11.3 Å². The molecular formula is C10H16N4O. The van der Waals surface area contributed by atoms with Gasteiger partial charge in [-0.3, -0.25) is 9.48 Å². The minimum absolute atomic E-state index is 0.175. The first-order valence-electron chi connectivity index (χ1n) is 5.32. The number of hydrogen-bond donors (Lipinski definition) is 2. The molecular weight excluding hydrogens is 192 g/mol. The maximum Gasteiger partial charge on any atom is 0.220 e. The zero-order valence-electron chi connectivity index (χ0n) is 8.65. The van der Waals surface area contributed by atoms with E-state index in [1.165, 1.54) is 0 Å². The number of rotatable bonds is 5. The van der Waals surface area contributed by atoms with E-state index in [-0.39, 0.29) is 5.91 Å². The highest BCUT2D eigenvalue weighted by Gasteiger charge is 2.19. The largest absolute Gasteiger partial charge is 0.352 e. The van der Waals surface area contributed by atoms with Gasteiger partial charge in [0.2, 0.25) is 5.91 Å². The number of aromatic nitrogens is 2. The average Bonchev–Trinajstić information content (AvgIpc) is 2.84. The van der Waals surface area contributed by atoms with E-state index >= 15 is 0 Å². The highest BCUT2D eigenvalue weighted by molar-refractivity contribution is 5.78. The van der Waals surface area contributed by atoms with Crippen molar-refractivity contribution in [2.45, 2.75) is 25.4 Å². The predicted molar refractivity (Wildman–Crippen MR) is 56.3 cm³/mol. The van der Waals surface area contributed by atoms with Gasteiger partial charge in [0, 0.05) is 37.9 Å². The number of carbonyl (C=O) groups excluding carboxylic acids is 1. The van der Waals surface area contributed by atoms with Crippen molar-refractivity contribution in [2.75, 3.05) is 13.1 Å². The molecule has 1 aromatic rings. The summed E-state index contributed by atoms with van der Waals surface area (Å²) in [6, 6.07) is 2.23. The van der Waals surface area contributed by atoms with Gasteiger partial charge >= 0.3 is 0 Å². The van der Waals surface area contributed by atoms with E-state index < -0.39 is 0 Å². The molecule has 0 radical (unpaired) electrons. The fraction of sp³-hybridized carbons (Fsp3) is 0.600. The van der Waals surface area contributed by atoms with Crippen LogP contribution in [0.2, 0.25) is 0 Å². The fourth-order valence-corrected chi connectivity index (χ4v) is 1.73. The molecule has 1 saturated heterocycles. The maximum absolute atomic E-state index is 10.9. The van der Waals surface area contributed by atoms with E-state index in [9.17, 15) is 4.79 Å². The summed E-state index contributed by atoms with van der Waals surface area (Å²) in [5.41, 5.74) is 0. The number of nitrogens with zero attached hydrogens (tertiary/aromatic N) is 2. The Hall–Kier alpha value is -1.36. The van der Waals surface area contributed by atoms with Crippen LogP contribution in [0.1, 0.15) is 12.8 Å². The van der Waals surface area contributed by atoms with Gasteiger partial charge in [-0.2, -0.15) is 5.10 Å². The molecule has 0 bridgehead atoms. The van der Waals surface area contributed by atoms with E-state index in [0.717, 1.165) is 26.1 Å². The molecule has 1 aliphatic rings. The second-order valence-electron chi connectivity index (χ2n) is 3.78. The molecule has 1 atom stereocenters. The van der Waals surface area contributed by atoms with E-state index in [2.05, 4.69) is 15.7 Å². The summed E-state index contributed by atoms with van der Waals surface area (Å²) in [4.78, 5) is 10.9. The van der Waals surface area contributed by atoms with Gasteiger partial charge < -0.3 is 10.6 Å². The predicted octanol–water partition coefficient (Wildman–Crippen LogP) is -0.249. The molecule has 2 N–H and O–H groups in total. The summed E-state index contributed by atoms with van der Waals surface area (Å²) in [5, 5.41) is 10.3. The lowest BCUT2D eigenvalue weighted by atomic mass is 10.2. The van der Waals surface area contributed by atoms with Crippen molar-refractivity contribution in [3.05, 3.63) is 18.5 Å². The number of amides is 1. The average molecular weight is 208 g/mol. The first kappa shape index (κ1) is 10.2. The van der Waals surface area contributed by atoms with Crippen LogP contribution in [0.4, 0.5) is 0 Å². The Morgan fingerprint density at radius 2 is 2.60 bits per heavy atom. The summed E-state index contributed by atoms with van der Waals surface area (Å²) < 4.78 is 1.89. The highest BCUT2D eigenvalue weighted by atomic mass is 16.1. The second kappa shape index (κ2) is 4.93. The molecule has 0 saturated carbocycles. The molecule has 15 heavy (non-hydrogen) atoms. The van der Waals surface area contributed by atoms with Crippen molar-refractivity contribution >= 4 is 5.91 Å². The third kappa shape index (κ3) is 3.06. The lowest BCUT2D eigenvalue weighted by molar-refractivity contribution is -0.119. The first-order chi connectivity index (χ1) is 7.34. The Bertz CT molecular complexity index is 309. The molecule has 1 aromatic heterocycles. The molecule has 0 spiro atoms. The van der Waals surface area contributed by atoms with Crippen molar-refractivity contribution in [1.29, 1.82) is 0 Å². The van der Waals surface area contributed by atoms with Crippen LogP contribution in [0, 0.1) is 0 Å². The van der Waals surface area contributed by atoms with Gasteiger partial charge in [-0.05, 0) is 12.5 Å². The molecule has 2 rings (SSSR count). The van der Waals surface area contributed by atoms with Gasteiger partial charge in [0.05, 0.1) is 6.54 Å². The van der Waals surface area contributed by atoms with Crippen molar-refractivity contribution in [3.63, 3.8) is 0 Å². The zero-order valence-corrected chi connectivity index (χ0v) is 8.65. The molecule has 1 aliphatic heterocycles. The summed E-state index contributed by atoms with van der Waals surface area (Å²) in [5.74, 6) is 0.175. The third-order valence-corrected chi connectivity index (χ3v) is 2.55. The minimum Gasteiger partial charge on any atom is -0.352 e. The van der Waals surface area contributed by atoms with Crippen LogP contribution in [0.5, 0.6) is 0 Å². The Morgan fingerprint density at radius 1 is 1.67 bits per heavy atom. The first-order valence-corrected chi connectivity index (χ1v) is 5.32. The molecule has 5 heteroatoms. The molecule has 0 aromatic carbocycles. The van der Waals surface area contributed by atoms with Gasteiger partial charge in [-0.15, -0.1) is 0 Å². The second-order valence-corrected chi connectivity index (χ2v) is 3.78. The number of nitrogens with one attached hydrogen (secondary N) is 2. The Balaban J connectivity index is 1.57. The van der Waals surface area contributed by atoms with Crippen LogP contribution in [0.3, 0.4) is 0 Å². The summed E-state index contributed by atoms with van der Waals surface area (Å²) in [7, 11) is 0.